The first-order valence-electron chi connectivity index (χ1n) is 9.24. The Labute approximate surface area is 169 Å². The summed E-state index contributed by atoms with van der Waals surface area (Å²) in [5, 5.41) is 16.3. The van der Waals surface area contributed by atoms with Crippen molar-refractivity contribution in [2.45, 2.75) is 27.7 Å². The fourth-order valence-electron chi connectivity index (χ4n) is 3.00. The number of allylic oxidation sites excluding steroid dienone is 1. The van der Waals surface area contributed by atoms with Crippen LogP contribution in [0.4, 0.5) is 4.39 Å². The van der Waals surface area contributed by atoms with Crippen LogP contribution in [0.25, 0.3) is 22.6 Å². The van der Waals surface area contributed by atoms with E-state index in [1.807, 2.05) is 13.8 Å². The van der Waals surface area contributed by atoms with Gasteiger partial charge in [0.15, 0.2) is 11.5 Å². The second kappa shape index (κ2) is 9.64. The van der Waals surface area contributed by atoms with Crippen molar-refractivity contribution in [1.29, 1.82) is 0 Å². The number of ether oxygens (including phenoxy) is 1. The van der Waals surface area contributed by atoms with Crippen LogP contribution in [0.3, 0.4) is 0 Å². The molecule has 1 aromatic carbocycles. The first kappa shape index (κ1) is 21.8. The monoisotopic (exact) mass is 397 g/mol. The third kappa shape index (κ3) is 4.03. The minimum Gasteiger partial charge on any atom is -0.505 e. The number of methoxy groups -OCH3 is 1. The lowest BCUT2D eigenvalue weighted by Crippen LogP contribution is -2.28. The number of hydrazone groups is 1. The van der Waals surface area contributed by atoms with E-state index in [2.05, 4.69) is 10.1 Å². The van der Waals surface area contributed by atoms with E-state index in [-0.39, 0.29) is 17.3 Å². The molecule has 2 heterocycles. The second-order valence-electron chi connectivity index (χ2n) is 5.66. The summed E-state index contributed by atoms with van der Waals surface area (Å²) >= 11 is 0. The van der Waals surface area contributed by atoms with Crippen LogP contribution in [-0.4, -0.2) is 34.4 Å². The molecule has 29 heavy (non-hydrogen) atoms. The van der Waals surface area contributed by atoms with E-state index in [4.69, 9.17) is 4.74 Å². The fraction of sp³-hybridized carbons (Fsp3) is 0.227. The van der Waals surface area contributed by atoms with Crippen molar-refractivity contribution in [3.63, 3.8) is 0 Å². The topological polar surface area (TPSA) is 75.0 Å². The highest BCUT2D eigenvalue weighted by atomic mass is 19.1. The lowest BCUT2D eigenvalue weighted by atomic mass is 9.91. The standard InChI is InChI=1S/C20H18FN3O3.C2H6/c1-4-16-17-14(12-6-8-13(21)9-7-12)10-22-11-15(17)19(25)18(20(26)27-3)24(16)23-5-2;1-2/h4-11,25H,1-3H3;1-2H3/b16-4+,23-5-;. The van der Waals surface area contributed by atoms with Gasteiger partial charge in [-0.25, -0.2) is 14.2 Å². The summed E-state index contributed by atoms with van der Waals surface area (Å²) in [6.07, 6.45) is 6.37. The molecule has 0 saturated carbocycles. The third-order valence-electron chi connectivity index (χ3n) is 4.16. The highest BCUT2D eigenvalue weighted by molar-refractivity contribution is 6.02. The normalized spacial score (nSPS) is 14.6. The van der Waals surface area contributed by atoms with Gasteiger partial charge in [0.05, 0.1) is 12.8 Å². The molecule has 152 valence electrons. The lowest BCUT2D eigenvalue weighted by molar-refractivity contribution is -0.137. The maximum absolute atomic E-state index is 13.3. The van der Waals surface area contributed by atoms with E-state index < -0.39 is 5.97 Å². The molecule has 3 rings (SSSR count). The number of pyridine rings is 1. The minimum atomic E-state index is -0.727. The molecular weight excluding hydrogens is 373 g/mol. The molecule has 0 saturated heterocycles. The van der Waals surface area contributed by atoms with Crippen LogP contribution in [0.15, 0.2) is 53.5 Å². The maximum atomic E-state index is 13.3. The van der Waals surface area contributed by atoms with Crippen molar-refractivity contribution in [3.05, 3.63) is 65.4 Å². The molecule has 0 radical (unpaired) electrons. The van der Waals surface area contributed by atoms with Crippen LogP contribution in [0.5, 0.6) is 0 Å². The van der Waals surface area contributed by atoms with Crippen LogP contribution < -0.4 is 0 Å². The Hall–Kier alpha value is -3.48. The van der Waals surface area contributed by atoms with Gasteiger partial charge in [0, 0.05) is 35.3 Å². The molecule has 0 amide bonds. The predicted molar refractivity (Wildman–Crippen MR) is 112 cm³/mol. The van der Waals surface area contributed by atoms with Crippen molar-refractivity contribution in [2.24, 2.45) is 5.10 Å². The number of halogens is 1. The molecule has 1 aliphatic rings. The van der Waals surface area contributed by atoms with Crippen molar-refractivity contribution < 1.29 is 19.0 Å². The van der Waals surface area contributed by atoms with Crippen molar-refractivity contribution in [3.8, 4) is 11.1 Å². The Morgan fingerprint density at radius 2 is 1.79 bits per heavy atom. The zero-order valence-corrected chi connectivity index (χ0v) is 17.1. The second-order valence-corrected chi connectivity index (χ2v) is 5.66. The molecule has 7 heteroatoms. The van der Waals surface area contributed by atoms with Crippen LogP contribution >= 0.6 is 0 Å². The van der Waals surface area contributed by atoms with Crippen LogP contribution in [0.1, 0.15) is 38.8 Å². The predicted octanol–water partition coefficient (Wildman–Crippen LogP) is 5.00. The number of fused-ring (bicyclic) bond motifs is 1. The average molecular weight is 397 g/mol. The smallest absolute Gasteiger partial charge is 0.360 e. The van der Waals surface area contributed by atoms with E-state index in [0.717, 1.165) is 5.56 Å². The van der Waals surface area contributed by atoms with Crippen molar-refractivity contribution in [2.75, 3.05) is 7.11 Å². The molecule has 0 atom stereocenters. The number of rotatable bonds is 3. The SMILES string of the molecule is C/C=N\N1C(C(=O)OC)=C(O)c2cncc(-c3ccc(F)cc3)c2/C1=C\C.CC. The zero-order valence-electron chi connectivity index (χ0n) is 17.1. The fourth-order valence-corrected chi connectivity index (χ4v) is 3.00. The molecule has 0 unspecified atom stereocenters. The highest BCUT2D eigenvalue weighted by Gasteiger charge is 2.35. The Kier molecular flexibility index (Phi) is 7.25. The van der Waals surface area contributed by atoms with Crippen molar-refractivity contribution in [1.82, 2.24) is 9.99 Å². The molecule has 0 fully saturated rings. The van der Waals surface area contributed by atoms with Gasteiger partial charge in [-0.05, 0) is 31.5 Å². The van der Waals surface area contributed by atoms with Gasteiger partial charge in [-0.3, -0.25) is 4.98 Å². The largest absolute Gasteiger partial charge is 0.505 e. The van der Waals surface area contributed by atoms with Gasteiger partial charge in [0.2, 0.25) is 0 Å². The Morgan fingerprint density at radius 1 is 1.17 bits per heavy atom. The summed E-state index contributed by atoms with van der Waals surface area (Å²) in [6.45, 7) is 7.49. The van der Waals surface area contributed by atoms with E-state index in [0.29, 0.717) is 22.4 Å². The summed E-state index contributed by atoms with van der Waals surface area (Å²) in [5.74, 6) is -1.37. The quantitative estimate of drug-likeness (QED) is 0.583. The van der Waals surface area contributed by atoms with Gasteiger partial charge in [0.25, 0.3) is 0 Å². The molecular formula is C22H24FN3O3. The number of esters is 1. The van der Waals surface area contributed by atoms with Gasteiger partial charge < -0.3 is 9.84 Å². The molecule has 6 nitrogen and oxygen atoms in total. The summed E-state index contributed by atoms with van der Waals surface area (Å²) < 4.78 is 18.1. The maximum Gasteiger partial charge on any atom is 0.360 e. The van der Waals surface area contributed by atoms with Crippen LogP contribution in [-0.2, 0) is 9.53 Å². The number of aliphatic hydroxyl groups excluding tert-OH is 1. The van der Waals surface area contributed by atoms with Crippen molar-refractivity contribution >= 4 is 23.6 Å². The van der Waals surface area contributed by atoms with E-state index in [1.165, 1.54) is 36.7 Å². The first-order chi connectivity index (χ1) is 14.0. The number of nitrogens with zero attached hydrogens (tertiary/aromatic N) is 3. The summed E-state index contributed by atoms with van der Waals surface area (Å²) in [4.78, 5) is 16.5. The number of hydrogen-bond donors (Lipinski definition) is 1. The molecule has 0 aliphatic carbocycles. The minimum absolute atomic E-state index is 0.103. The number of hydrogen-bond acceptors (Lipinski definition) is 6. The first-order valence-corrected chi connectivity index (χ1v) is 9.24. The summed E-state index contributed by atoms with van der Waals surface area (Å²) in [5.41, 5.74) is 2.86. The van der Waals surface area contributed by atoms with Gasteiger partial charge in [-0.1, -0.05) is 32.1 Å². The molecule has 0 bridgehead atoms. The van der Waals surface area contributed by atoms with Crippen LogP contribution in [0, 0.1) is 5.82 Å². The summed E-state index contributed by atoms with van der Waals surface area (Å²) in [6, 6.07) is 5.96. The number of carbonyl (C=O) groups excluding carboxylic acids is 1. The number of aromatic nitrogens is 1. The average Bonchev–Trinajstić information content (AvgIpc) is 2.76. The number of carbonyl (C=O) groups is 1. The lowest BCUT2D eigenvalue weighted by Gasteiger charge is -2.31. The Bertz CT molecular complexity index is 979. The zero-order chi connectivity index (χ0) is 21.6. The highest BCUT2D eigenvalue weighted by Crippen LogP contribution is 2.42. The van der Waals surface area contributed by atoms with E-state index in [1.54, 1.807) is 38.3 Å². The molecule has 1 aliphatic heterocycles. The van der Waals surface area contributed by atoms with Crippen LogP contribution in [0.2, 0.25) is 0 Å². The van der Waals surface area contributed by atoms with Gasteiger partial charge in [-0.15, -0.1) is 0 Å². The summed E-state index contributed by atoms with van der Waals surface area (Å²) in [7, 11) is 1.23. The third-order valence-corrected chi connectivity index (χ3v) is 4.16. The Morgan fingerprint density at radius 3 is 2.34 bits per heavy atom. The van der Waals surface area contributed by atoms with E-state index in [9.17, 15) is 14.3 Å². The van der Waals surface area contributed by atoms with Gasteiger partial charge in [-0.2, -0.15) is 5.10 Å². The molecule has 1 aromatic heterocycles. The molecule has 0 spiro atoms. The number of benzene rings is 1. The Balaban J connectivity index is 0.00000145. The van der Waals surface area contributed by atoms with Gasteiger partial charge in [0.1, 0.15) is 5.82 Å². The molecule has 2 aromatic rings. The van der Waals surface area contributed by atoms with E-state index >= 15 is 0 Å². The number of aliphatic hydroxyl groups is 1. The molecule has 1 N–H and O–H groups in total. The van der Waals surface area contributed by atoms with Gasteiger partial charge >= 0.3 is 5.97 Å².